The highest BCUT2D eigenvalue weighted by Crippen LogP contribution is 2.16. The summed E-state index contributed by atoms with van der Waals surface area (Å²) in [5.74, 6) is 1.00. The lowest BCUT2D eigenvalue weighted by atomic mass is 10.2. The largest absolute Gasteiger partial charge is 0.353 e. The van der Waals surface area contributed by atoms with E-state index in [0.29, 0.717) is 30.3 Å². The van der Waals surface area contributed by atoms with Crippen LogP contribution in [0.2, 0.25) is 0 Å². The summed E-state index contributed by atoms with van der Waals surface area (Å²) in [5, 5.41) is 25.5. The van der Waals surface area contributed by atoms with Crippen LogP contribution in [0, 0.1) is 28.6 Å². The first-order chi connectivity index (χ1) is 8.19. The van der Waals surface area contributed by atoms with Crippen LogP contribution in [0.5, 0.6) is 0 Å². The predicted octanol–water partition coefficient (Wildman–Crippen LogP) is 1.72. The molecular formula is C12H15N5. The number of hydrogen-bond donors (Lipinski definition) is 0. The van der Waals surface area contributed by atoms with E-state index >= 15 is 0 Å². The van der Waals surface area contributed by atoms with Gasteiger partial charge in [-0.2, -0.15) is 15.6 Å². The molecule has 5 heteroatoms. The molecule has 0 amide bonds. The molecule has 0 N–H and O–H groups in total. The van der Waals surface area contributed by atoms with Crippen molar-refractivity contribution < 1.29 is 0 Å². The second-order valence-corrected chi connectivity index (χ2v) is 4.13. The number of nitriles is 2. The van der Waals surface area contributed by atoms with Crippen molar-refractivity contribution in [3.8, 4) is 12.1 Å². The molecule has 1 rings (SSSR count). The Morgan fingerprint density at radius 3 is 2.76 bits per heavy atom. The summed E-state index contributed by atoms with van der Waals surface area (Å²) in [6.45, 7) is 5.50. The number of nitrogens with zero attached hydrogens (tertiary/aromatic N) is 5. The molecule has 1 aromatic rings. The summed E-state index contributed by atoms with van der Waals surface area (Å²) in [7, 11) is 0. The second-order valence-electron chi connectivity index (χ2n) is 4.13. The number of aromatic nitrogens is 2. The molecule has 0 bridgehead atoms. The number of rotatable bonds is 5. The quantitative estimate of drug-likeness (QED) is 0.768. The minimum absolute atomic E-state index is 0.411. The van der Waals surface area contributed by atoms with E-state index < -0.39 is 0 Å². The maximum absolute atomic E-state index is 9.02. The molecule has 0 fully saturated rings. The smallest absolute Gasteiger partial charge is 0.169 e. The van der Waals surface area contributed by atoms with Crippen LogP contribution in [0.1, 0.15) is 25.8 Å². The zero-order valence-electron chi connectivity index (χ0n) is 10.1. The molecule has 1 heterocycles. The fraction of sp³-hybridized carbons (Fsp3) is 0.500. The topological polar surface area (TPSA) is 76.6 Å². The third-order valence-electron chi connectivity index (χ3n) is 2.20. The zero-order valence-corrected chi connectivity index (χ0v) is 10.1. The van der Waals surface area contributed by atoms with Crippen molar-refractivity contribution >= 4 is 5.82 Å². The fourth-order valence-corrected chi connectivity index (χ4v) is 1.55. The van der Waals surface area contributed by atoms with E-state index in [9.17, 15) is 0 Å². The summed E-state index contributed by atoms with van der Waals surface area (Å²) in [6, 6.07) is 5.85. The van der Waals surface area contributed by atoms with Crippen molar-refractivity contribution in [2.75, 3.05) is 18.0 Å². The van der Waals surface area contributed by atoms with Gasteiger partial charge in [0.25, 0.3) is 0 Å². The number of hydrogen-bond acceptors (Lipinski definition) is 5. The predicted molar refractivity (Wildman–Crippen MR) is 64.0 cm³/mol. The van der Waals surface area contributed by atoms with Crippen molar-refractivity contribution in [1.82, 2.24) is 10.2 Å². The molecule has 17 heavy (non-hydrogen) atoms. The Kier molecular flexibility index (Phi) is 4.90. The molecule has 0 aliphatic heterocycles. The van der Waals surface area contributed by atoms with Crippen LogP contribution < -0.4 is 4.90 Å². The van der Waals surface area contributed by atoms with Crippen molar-refractivity contribution in [2.24, 2.45) is 5.92 Å². The molecule has 0 spiro atoms. The van der Waals surface area contributed by atoms with E-state index in [0.717, 1.165) is 6.54 Å². The molecule has 88 valence electrons. The average Bonchev–Trinajstić information content (AvgIpc) is 2.34. The van der Waals surface area contributed by atoms with Crippen LogP contribution in [-0.2, 0) is 0 Å². The van der Waals surface area contributed by atoms with E-state index in [4.69, 9.17) is 10.5 Å². The van der Waals surface area contributed by atoms with Crippen LogP contribution in [0.25, 0.3) is 0 Å². The molecule has 0 aromatic carbocycles. The van der Waals surface area contributed by atoms with E-state index in [1.54, 1.807) is 6.07 Å². The van der Waals surface area contributed by atoms with Gasteiger partial charge in [-0.15, -0.1) is 5.10 Å². The monoisotopic (exact) mass is 229 g/mol. The van der Waals surface area contributed by atoms with Gasteiger partial charge in [0.1, 0.15) is 6.07 Å². The first-order valence-electron chi connectivity index (χ1n) is 5.52. The van der Waals surface area contributed by atoms with Gasteiger partial charge in [0, 0.05) is 13.1 Å². The van der Waals surface area contributed by atoms with Crippen molar-refractivity contribution in [2.45, 2.75) is 20.3 Å². The summed E-state index contributed by atoms with van der Waals surface area (Å²) in [4.78, 5) is 1.94. The normalized spacial score (nSPS) is 9.71. The van der Waals surface area contributed by atoms with Gasteiger partial charge in [0.05, 0.1) is 24.3 Å². The van der Waals surface area contributed by atoms with E-state index in [2.05, 4.69) is 36.2 Å². The van der Waals surface area contributed by atoms with Crippen LogP contribution in [0.3, 0.4) is 0 Å². The van der Waals surface area contributed by atoms with Gasteiger partial charge in [-0.05, 0) is 12.0 Å². The molecule has 0 saturated carbocycles. The van der Waals surface area contributed by atoms with Crippen LogP contribution >= 0.6 is 0 Å². The summed E-state index contributed by atoms with van der Waals surface area (Å²) in [5.41, 5.74) is 0.499. The van der Waals surface area contributed by atoms with Crippen molar-refractivity contribution in [3.63, 3.8) is 0 Å². The Labute approximate surface area is 101 Å². The van der Waals surface area contributed by atoms with Crippen LogP contribution in [0.15, 0.2) is 12.3 Å². The first kappa shape index (κ1) is 12.9. The summed E-state index contributed by atoms with van der Waals surface area (Å²) in [6.07, 6.45) is 1.91. The van der Waals surface area contributed by atoms with E-state index in [1.807, 2.05) is 4.90 Å². The van der Waals surface area contributed by atoms with Gasteiger partial charge in [-0.1, -0.05) is 13.8 Å². The molecule has 0 radical (unpaired) electrons. The summed E-state index contributed by atoms with van der Waals surface area (Å²) < 4.78 is 0. The van der Waals surface area contributed by atoms with Crippen LogP contribution in [-0.4, -0.2) is 23.3 Å². The Balaban J connectivity index is 2.96. The average molecular weight is 229 g/mol. The molecule has 5 nitrogen and oxygen atoms in total. The van der Waals surface area contributed by atoms with E-state index in [1.165, 1.54) is 6.20 Å². The maximum Gasteiger partial charge on any atom is 0.169 e. The maximum atomic E-state index is 9.02. The summed E-state index contributed by atoms with van der Waals surface area (Å²) >= 11 is 0. The third kappa shape index (κ3) is 3.73. The SMILES string of the molecule is CC(C)CN(CCC#N)c1nnccc1C#N. The minimum Gasteiger partial charge on any atom is -0.353 e. The minimum atomic E-state index is 0.411. The highest BCUT2D eigenvalue weighted by atomic mass is 15.3. The lowest BCUT2D eigenvalue weighted by Gasteiger charge is -2.24. The molecule has 0 atom stereocenters. The van der Waals surface area contributed by atoms with Gasteiger partial charge in [0.15, 0.2) is 5.82 Å². The molecular weight excluding hydrogens is 214 g/mol. The standard InChI is InChI=1S/C12H15N5/c1-10(2)9-17(7-3-5-13)12-11(8-14)4-6-15-16-12/h4,6,10H,3,7,9H2,1-2H3. The van der Waals surface area contributed by atoms with Gasteiger partial charge < -0.3 is 4.90 Å². The lowest BCUT2D eigenvalue weighted by molar-refractivity contribution is 0.605. The fourth-order valence-electron chi connectivity index (χ4n) is 1.55. The molecule has 0 saturated heterocycles. The Morgan fingerprint density at radius 1 is 1.41 bits per heavy atom. The lowest BCUT2D eigenvalue weighted by Crippen LogP contribution is -2.30. The van der Waals surface area contributed by atoms with E-state index in [-0.39, 0.29) is 0 Å². The van der Waals surface area contributed by atoms with Gasteiger partial charge in [0.2, 0.25) is 0 Å². The molecule has 0 aliphatic rings. The Morgan fingerprint density at radius 2 is 2.18 bits per heavy atom. The highest BCUT2D eigenvalue weighted by Gasteiger charge is 2.14. The molecule has 0 unspecified atom stereocenters. The van der Waals surface area contributed by atoms with Crippen LogP contribution in [0.4, 0.5) is 5.82 Å². The molecule has 1 aromatic heterocycles. The Bertz CT molecular complexity index is 441. The van der Waals surface area contributed by atoms with Gasteiger partial charge in [-0.25, -0.2) is 0 Å². The molecule has 0 aliphatic carbocycles. The number of anilines is 1. The van der Waals surface area contributed by atoms with Gasteiger partial charge in [-0.3, -0.25) is 0 Å². The zero-order chi connectivity index (χ0) is 12.7. The highest BCUT2D eigenvalue weighted by molar-refractivity contribution is 5.52. The Hall–Kier alpha value is -2.14. The van der Waals surface area contributed by atoms with Crippen molar-refractivity contribution in [3.05, 3.63) is 17.8 Å². The van der Waals surface area contributed by atoms with Gasteiger partial charge >= 0.3 is 0 Å². The second kappa shape index (κ2) is 6.44. The third-order valence-corrected chi connectivity index (χ3v) is 2.20. The first-order valence-corrected chi connectivity index (χ1v) is 5.52. The van der Waals surface area contributed by atoms with Crippen molar-refractivity contribution in [1.29, 1.82) is 10.5 Å².